The number of esters is 1. The summed E-state index contributed by atoms with van der Waals surface area (Å²) in [6.07, 6.45) is 0. The third kappa shape index (κ3) is 2.31. The molecule has 0 aliphatic rings. The molecule has 0 bridgehead atoms. The molecule has 1 aromatic rings. The maximum Gasteiger partial charge on any atom is 0.327 e. The van der Waals surface area contributed by atoms with E-state index < -0.39 is 4.32 Å². The molecule has 0 spiro atoms. The highest BCUT2D eigenvalue weighted by molar-refractivity contribution is 9.10. The normalized spacial score (nSPS) is 14.1. The van der Waals surface area contributed by atoms with Gasteiger partial charge in [0.2, 0.25) is 0 Å². The first-order valence-electron chi connectivity index (χ1n) is 4.45. The Hall–Kier alpha value is -1.03. The molecule has 0 aliphatic heterocycles. The Morgan fingerprint density at radius 3 is 2.47 bits per heavy atom. The van der Waals surface area contributed by atoms with Gasteiger partial charge in [0.15, 0.2) is 0 Å². The molecular weight excluding hydrogens is 260 g/mol. The van der Waals surface area contributed by atoms with Crippen LogP contribution in [0.3, 0.4) is 0 Å². The first kappa shape index (κ1) is 12.0. The van der Waals surface area contributed by atoms with Crippen LogP contribution < -0.4 is 4.74 Å². The number of alkyl halides is 1. The van der Waals surface area contributed by atoms with Gasteiger partial charge in [-0.05, 0) is 13.0 Å². The van der Waals surface area contributed by atoms with E-state index in [4.69, 9.17) is 9.47 Å². The van der Waals surface area contributed by atoms with Crippen LogP contribution in [-0.4, -0.2) is 20.2 Å². The summed E-state index contributed by atoms with van der Waals surface area (Å²) in [6.45, 7) is 1.73. The van der Waals surface area contributed by atoms with Gasteiger partial charge >= 0.3 is 5.97 Å². The number of carbonyl (C=O) groups excluding carboxylic acids is 1. The topological polar surface area (TPSA) is 35.5 Å². The van der Waals surface area contributed by atoms with Gasteiger partial charge in [-0.1, -0.05) is 34.1 Å². The molecule has 0 aromatic heterocycles. The number of halogens is 1. The average Bonchev–Trinajstić information content (AvgIpc) is 2.27. The van der Waals surface area contributed by atoms with Crippen molar-refractivity contribution in [2.45, 2.75) is 11.2 Å². The molecule has 1 unspecified atom stereocenters. The lowest BCUT2D eigenvalue weighted by molar-refractivity contribution is -0.143. The van der Waals surface area contributed by atoms with E-state index in [0.717, 1.165) is 5.56 Å². The molecular formula is C11H13BrO3. The zero-order chi connectivity index (χ0) is 11.5. The van der Waals surface area contributed by atoms with E-state index in [1.807, 2.05) is 18.2 Å². The fraction of sp³-hybridized carbons (Fsp3) is 0.364. The Labute approximate surface area is 97.5 Å². The zero-order valence-electron chi connectivity index (χ0n) is 8.91. The van der Waals surface area contributed by atoms with Crippen LogP contribution in [-0.2, 0) is 13.9 Å². The Bertz CT molecular complexity index is 361. The molecule has 1 aromatic carbocycles. The van der Waals surface area contributed by atoms with Crippen LogP contribution in [0.15, 0.2) is 24.3 Å². The van der Waals surface area contributed by atoms with Crippen LogP contribution in [0.2, 0.25) is 0 Å². The minimum atomic E-state index is -0.881. The van der Waals surface area contributed by atoms with Crippen LogP contribution in [0.25, 0.3) is 0 Å². The highest BCUT2D eigenvalue weighted by Gasteiger charge is 2.35. The van der Waals surface area contributed by atoms with E-state index in [2.05, 4.69) is 15.9 Å². The molecule has 1 atom stereocenters. The first-order valence-corrected chi connectivity index (χ1v) is 5.24. The molecule has 1 rings (SSSR count). The van der Waals surface area contributed by atoms with Gasteiger partial charge in [-0.25, -0.2) is 0 Å². The van der Waals surface area contributed by atoms with E-state index in [0.29, 0.717) is 5.75 Å². The van der Waals surface area contributed by atoms with Gasteiger partial charge in [0.25, 0.3) is 0 Å². The van der Waals surface area contributed by atoms with Gasteiger partial charge in [0, 0.05) is 5.56 Å². The molecule has 4 heteroatoms. The van der Waals surface area contributed by atoms with Crippen molar-refractivity contribution >= 4 is 21.9 Å². The third-order valence-corrected chi connectivity index (χ3v) is 2.93. The SMILES string of the molecule is COC(=O)C(C)(Br)c1ccccc1OC. The van der Waals surface area contributed by atoms with E-state index >= 15 is 0 Å². The standard InChI is InChI=1S/C11H13BrO3/c1-11(12,10(13)15-3)8-6-4-5-7-9(8)14-2/h4-7H,1-3H3. The highest BCUT2D eigenvalue weighted by atomic mass is 79.9. The monoisotopic (exact) mass is 272 g/mol. The summed E-state index contributed by atoms with van der Waals surface area (Å²) < 4.78 is 9.04. The second-order valence-corrected chi connectivity index (χ2v) is 4.78. The van der Waals surface area contributed by atoms with E-state index in [-0.39, 0.29) is 5.97 Å². The summed E-state index contributed by atoms with van der Waals surface area (Å²) in [4.78, 5) is 11.6. The van der Waals surface area contributed by atoms with E-state index in [9.17, 15) is 4.79 Å². The molecule has 3 nitrogen and oxygen atoms in total. The Kier molecular flexibility index (Phi) is 3.74. The average molecular weight is 273 g/mol. The third-order valence-electron chi connectivity index (χ3n) is 2.18. The molecule has 0 radical (unpaired) electrons. The van der Waals surface area contributed by atoms with Crippen molar-refractivity contribution in [1.82, 2.24) is 0 Å². The molecule has 0 saturated carbocycles. The number of methoxy groups -OCH3 is 2. The molecule has 0 amide bonds. The molecule has 0 fully saturated rings. The van der Waals surface area contributed by atoms with Crippen molar-refractivity contribution in [3.05, 3.63) is 29.8 Å². The molecule has 0 heterocycles. The number of rotatable bonds is 3. The number of carbonyl (C=O) groups is 1. The number of benzene rings is 1. The van der Waals surface area contributed by atoms with Gasteiger partial charge in [0.1, 0.15) is 10.1 Å². The van der Waals surface area contributed by atoms with Gasteiger partial charge in [0.05, 0.1) is 14.2 Å². The summed E-state index contributed by atoms with van der Waals surface area (Å²) in [5, 5.41) is 0. The van der Waals surface area contributed by atoms with Crippen LogP contribution in [0.4, 0.5) is 0 Å². The summed E-state index contributed by atoms with van der Waals surface area (Å²) in [5.41, 5.74) is 0.749. The van der Waals surface area contributed by atoms with E-state index in [1.54, 1.807) is 20.1 Å². The van der Waals surface area contributed by atoms with Gasteiger partial charge in [-0.2, -0.15) is 0 Å². The van der Waals surface area contributed by atoms with Crippen molar-refractivity contribution in [2.75, 3.05) is 14.2 Å². The quantitative estimate of drug-likeness (QED) is 0.627. The number of para-hydroxylation sites is 1. The van der Waals surface area contributed by atoms with Crippen molar-refractivity contribution in [3.63, 3.8) is 0 Å². The van der Waals surface area contributed by atoms with Gasteiger partial charge in [-0.3, -0.25) is 4.79 Å². The fourth-order valence-corrected chi connectivity index (χ4v) is 1.82. The molecule has 15 heavy (non-hydrogen) atoms. The Morgan fingerprint density at radius 2 is 1.93 bits per heavy atom. The molecule has 82 valence electrons. The fourth-order valence-electron chi connectivity index (χ4n) is 1.33. The summed E-state index contributed by atoms with van der Waals surface area (Å²) in [7, 11) is 2.93. The molecule has 0 N–H and O–H groups in total. The second-order valence-electron chi connectivity index (χ2n) is 3.19. The minimum Gasteiger partial charge on any atom is -0.496 e. The number of ether oxygens (including phenoxy) is 2. The highest BCUT2D eigenvalue weighted by Crippen LogP contribution is 2.37. The Morgan fingerprint density at radius 1 is 1.33 bits per heavy atom. The largest absolute Gasteiger partial charge is 0.496 e. The van der Waals surface area contributed by atoms with E-state index in [1.165, 1.54) is 7.11 Å². The zero-order valence-corrected chi connectivity index (χ0v) is 10.5. The lowest BCUT2D eigenvalue weighted by atomic mass is 10.00. The summed E-state index contributed by atoms with van der Waals surface area (Å²) >= 11 is 3.35. The summed E-state index contributed by atoms with van der Waals surface area (Å²) in [6, 6.07) is 7.32. The molecule has 0 aliphatic carbocycles. The van der Waals surface area contributed by atoms with Gasteiger partial charge < -0.3 is 9.47 Å². The van der Waals surface area contributed by atoms with Crippen molar-refractivity contribution < 1.29 is 14.3 Å². The van der Waals surface area contributed by atoms with Crippen LogP contribution in [0.5, 0.6) is 5.75 Å². The predicted molar refractivity (Wildman–Crippen MR) is 61.3 cm³/mol. The maximum atomic E-state index is 11.6. The number of hydrogen-bond donors (Lipinski definition) is 0. The van der Waals surface area contributed by atoms with Crippen LogP contribution in [0, 0.1) is 0 Å². The smallest absolute Gasteiger partial charge is 0.327 e. The lowest BCUT2D eigenvalue weighted by Gasteiger charge is -2.22. The predicted octanol–water partition coefficient (Wildman–Crippen LogP) is 2.48. The molecule has 0 saturated heterocycles. The maximum absolute atomic E-state index is 11.6. The van der Waals surface area contributed by atoms with Crippen LogP contribution >= 0.6 is 15.9 Å². The summed E-state index contributed by atoms with van der Waals surface area (Å²) in [5.74, 6) is 0.300. The number of hydrogen-bond acceptors (Lipinski definition) is 3. The Balaban J connectivity index is 3.19. The van der Waals surface area contributed by atoms with Crippen molar-refractivity contribution in [1.29, 1.82) is 0 Å². The second kappa shape index (κ2) is 4.66. The first-order chi connectivity index (χ1) is 7.04. The minimum absolute atomic E-state index is 0.355. The van der Waals surface area contributed by atoms with Crippen molar-refractivity contribution in [2.24, 2.45) is 0 Å². The lowest BCUT2D eigenvalue weighted by Crippen LogP contribution is -2.27. The van der Waals surface area contributed by atoms with Crippen LogP contribution in [0.1, 0.15) is 12.5 Å². The van der Waals surface area contributed by atoms with Gasteiger partial charge in [-0.15, -0.1) is 0 Å². The van der Waals surface area contributed by atoms with Crippen molar-refractivity contribution in [3.8, 4) is 5.75 Å².